The highest BCUT2D eigenvalue weighted by atomic mass is 35.5. The second-order valence-electron chi connectivity index (χ2n) is 3.80. The Labute approximate surface area is 119 Å². The van der Waals surface area contributed by atoms with Gasteiger partial charge in [0.1, 0.15) is 15.9 Å². The number of hydrogen-bond acceptors (Lipinski definition) is 4. The molecule has 0 bridgehead atoms. The molecule has 0 radical (unpaired) electrons. The molecular formula is C12H10Cl2N2O3. The van der Waals surface area contributed by atoms with Crippen molar-refractivity contribution in [3.05, 3.63) is 44.6 Å². The zero-order valence-corrected chi connectivity index (χ0v) is 11.7. The molecule has 2 aromatic heterocycles. The Balaban J connectivity index is 2.83. The summed E-state index contributed by atoms with van der Waals surface area (Å²) in [6.45, 7) is 1.66. The van der Waals surface area contributed by atoms with Gasteiger partial charge in [0.05, 0.1) is 19.0 Å². The van der Waals surface area contributed by atoms with Crippen molar-refractivity contribution in [2.45, 2.75) is 6.92 Å². The summed E-state index contributed by atoms with van der Waals surface area (Å²) in [6.07, 6.45) is 1.41. The van der Waals surface area contributed by atoms with Crippen LogP contribution in [0.3, 0.4) is 0 Å². The molecule has 0 amide bonds. The van der Waals surface area contributed by atoms with Crippen molar-refractivity contribution in [3.8, 4) is 17.2 Å². The second kappa shape index (κ2) is 5.11. The fourth-order valence-corrected chi connectivity index (χ4v) is 2.02. The minimum absolute atomic E-state index is 0.214. The molecule has 0 aliphatic rings. The quantitative estimate of drug-likeness (QED) is 0.866. The molecule has 0 spiro atoms. The molecule has 0 saturated carbocycles. The number of aromatic nitrogens is 2. The molecule has 5 nitrogen and oxygen atoms in total. The molecule has 100 valence electrons. The summed E-state index contributed by atoms with van der Waals surface area (Å²) in [5.74, 6) is 0.107. The van der Waals surface area contributed by atoms with E-state index in [0.717, 1.165) is 0 Å². The van der Waals surface area contributed by atoms with Gasteiger partial charge in [0.2, 0.25) is 0 Å². The maximum atomic E-state index is 12.1. The Morgan fingerprint density at radius 1 is 1.37 bits per heavy atom. The van der Waals surface area contributed by atoms with Crippen LogP contribution in [0.15, 0.2) is 23.1 Å². The standard InChI is InChI=1S/C12H10Cl2N2O3/c1-6-3-8(17)11(14)12(18)16(6)7-4-10(13)15-5-9(7)19-2/h3-5,17H,1-2H3. The first-order chi connectivity index (χ1) is 8.95. The first-order valence-corrected chi connectivity index (χ1v) is 6.02. The van der Waals surface area contributed by atoms with Crippen molar-refractivity contribution in [1.29, 1.82) is 0 Å². The molecular weight excluding hydrogens is 291 g/mol. The third-order valence-corrected chi connectivity index (χ3v) is 3.15. The SMILES string of the molecule is COc1cnc(Cl)cc1-n1c(C)cc(O)c(Cl)c1=O. The van der Waals surface area contributed by atoms with E-state index in [2.05, 4.69) is 4.98 Å². The van der Waals surface area contributed by atoms with Crippen LogP contribution >= 0.6 is 23.2 Å². The fraction of sp³-hybridized carbons (Fsp3) is 0.167. The number of aryl methyl sites for hydroxylation is 1. The van der Waals surface area contributed by atoms with E-state index < -0.39 is 5.56 Å². The molecule has 0 aliphatic carbocycles. The zero-order valence-electron chi connectivity index (χ0n) is 10.1. The number of ether oxygens (including phenoxy) is 1. The Bertz CT molecular complexity index is 698. The lowest BCUT2D eigenvalue weighted by atomic mass is 10.3. The highest BCUT2D eigenvalue weighted by Gasteiger charge is 2.15. The van der Waals surface area contributed by atoms with E-state index in [-0.39, 0.29) is 15.9 Å². The average Bonchev–Trinajstić information content (AvgIpc) is 2.36. The molecule has 0 aliphatic heterocycles. The molecule has 0 fully saturated rings. The Morgan fingerprint density at radius 2 is 2.05 bits per heavy atom. The molecule has 7 heteroatoms. The van der Waals surface area contributed by atoms with E-state index in [1.807, 2.05) is 0 Å². The first kappa shape index (κ1) is 13.7. The molecule has 0 unspecified atom stereocenters. The van der Waals surface area contributed by atoms with Gasteiger partial charge >= 0.3 is 0 Å². The van der Waals surface area contributed by atoms with E-state index in [9.17, 15) is 9.90 Å². The van der Waals surface area contributed by atoms with Crippen molar-refractivity contribution >= 4 is 23.2 Å². The van der Waals surface area contributed by atoms with E-state index in [1.54, 1.807) is 6.92 Å². The van der Waals surface area contributed by atoms with Crippen molar-refractivity contribution in [2.75, 3.05) is 7.11 Å². The van der Waals surface area contributed by atoms with Crippen LogP contribution in [0.25, 0.3) is 5.69 Å². The smallest absolute Gasteiger partial charge is 0.278 e. The summed E-state index contributed by atoms with van der Waals surface area (Å²) in [5, 5.41) is 9.47. The molecule has 0 atom stereocenters. The molecule has 2 heterocycles. The summed E-state index contributed by atoms with van der Waals surface area (Å²) in [6, 6.07) is 2.87. The monoisotopic (exact) mass is 300 g/mol. The normalized spacial score (nSPS) is 10.5. The predicted molar refractivity (Wildman–Crippen MR) is 72.8 cm³/mol. The average molecular weight is 301 g/mol. The van der Waals surface area contributed by atoms with Crippen LogP contribution in [0.2, 0.25) is 10.2 Å². The number of halogens is 2. The largest absolute Gasteiger partial charge is 0.506 e. The van der Waals surface area contributed by atoms with Gasteiger partial charge in [-0.15, -0.1) is 0 Å². The van der Waals surface area contributed by atoms with Crippen LogP contribution in [0, 0.1) is 6.92 Å². The Hall–Kier alpha value is -1.72. The maximum Gasteiger partial charge on any atom is 0.278 e. The number of rotatable bonds is 2. The zero-order chi connectivity index (χ0) is 14.2. The van der Waals surface area contributed by atoms with E-state index in [1.165, 1.54) is 30.0 Å². The van der Waals surface area contributed by atoms with Crippen LogP contribution in [0.4, 0.5) is 0 Å². The van der Waals surface area contributed by atoms with Crippen molar-refractivity contribution in [3.63, 3.8) is 0 Å². The summed E-state index contributed by atoms with van der Waals surface area (Å²) in [7, 11) is 1.46. The third kappa shape index (κ3) is 2.39. The lowest BCUT2D eigenvalue weighted by molar-refractivity contribution is 0.410. The van der Waals surface area contributed by atoms with Crippen LogP contribution < -0.4 is 10.3 Å². The lowest BCUT2D eigenvalue weighted by Crippen LogP contribution is -2.21. The Morgan fingerprint density at radius 3 is 2.68 bits per heavy atom. The number of hydrogen-bond donors (Lipinski definition) is 1. The topological polar surface area (TPSA) is 64.3 Å². The van der Waals surface area contributed by atoms with Crippen LogP contribution in [0.1, 0.15) is 5.69 Å². The fourth-order valence-electron chi connectivity index (χ4n) is 1.73. The number of nitrogens with zero attached hydrogens (tertiary/aromatic N) is 2. The van der Waals surface area contributed by atoms with Gasteiger partial charge in [-0.3, -0.25) is 9.36 Å². The molecule has 1 N–H and O–H groups in total. The third-order valence-electron chi connectivity index (χ3n) is 2.59. The maximum absolute atomic E-state index is 12.1. The van der Waals surface area contributed by atoms with Crippen LogP contribution in [0.5, 0.6) is 11.5 Å². The van der Waals surface area contributed by atoms with Gasteiger partial charge in [-0.2, -0.15) is 0 Å². The molecule has 2 rings (SSSR count). The predicted octanol–water partition coefficient (Wildman–Crippen LogP) is 2.56. The van der Waals surface area contributed by atoms with Gasteiger partial charge in [-0.25, -0.2) is 4.98 Å². The highest BCUT2D eigenvalue weighted by Crippen LogP contribution is 2.27. The first-order valence-electron chi connectivity index (χ1n) is 5.26. The van der Waals surface area contributed by atoms with Gasteiger partial charge in [0.25, 0.3) is 5.56 Å². The van der Waals surface area contributed by atoms with Gasteiger partial charge in [0.15, 0.2) is 5.75 Å². The lowest BCUT2D eigenvalue weighted by Gasteiger charge is -2.14. The summed E-state index contributed by atoms with van der Waals surface area (Å²) >= 11 is 11.6. The number of aromatic hydroxyl groups is 1. The van der Waals surface area contributed by atoms with Gasteiger partial charge in [0, 0.05) is 17.8 Å². The van der Waals surface area contributed by atoms with Gasteiger partial charge < -0.3 is 9.84 Å². The Kier molecular flexibility index (Phi) is 3.68. The van der Waals surface area contributed by atoms with Crippen LogP contribution in [-0.4, -0.2) is 21.8 Å². The number of pyridine rings is 2. The molecule has 0 saturated heterocycles. The minimum atomic E-state index is -0.556. The van der Waals surface area contributed by atoms with Crippen molar-refractivity contribution < 1.29 is 9.84 Å². The van der Waals surface area contributed by atoms with E-state index >= 15 is 0 Å². The van der Waals surface area contributed by atoms with Crippen molar-refractivity contribution in [1.82, 2.24) is 9.55 Å². The highest BCUT2D eigenvalue weighted by molar-refractivity contribution is 6.31. The van der Waals surface area contributed by atoms with Gasteiger partial charge in [-0.1, -0.05) is 23.2 Å². The van der Waals surface area contributed by atoms with Crippen molar-refractivity contribution in [2.24, 2.45) is 0 Å². The minimum Gasteiger partial charge on any atom is -0.506 e. The second-order valence-corrected chi connectivity index (χ2v) is 4.57. The molecule has 2 aromatic rings. The summed E-state index contributed by atoms with van der Waals surface area (Å²) in [4.78, 5) is 16.0. The number of methoxy groups -OCH3 is 1. The summed E-state index contributed by atoms with van der Waals surface area (Å²) < 4.78 is 6.45. The van der Waals surface area contributed by atoms with Crippen LogP contribution in [-0.2, 0) is 0 Å². The van der Waals surface area contributed by atoms with E-state index in [0.29, 0.717) is 17.1 Å². The van der Waals surface area contributed by atoms with E-state index in [4.69, 9.17) is 27.9 Å². The summed E-state index contributed by atoms with van der Waals surface area (Å²) in [5.41, 5.74) is 0.346. The van der Waals surface area contributed by atoms with Gasteiger partial charge in [-0.05, 0) is 6.92 Å². The molecule has 19 heavy (non-hydrogen) atoms. The molecule has 0 aromatic carbocycles.